The molecule has 0 aromatic heterocycles. The van der Waals surface area contributed by atoms with Gasteiger partial charge in [-0.1, -0.05) is 12.1 Å². The van der Waals surface area contributed by atoms with Crippen molar-refractivity contribution in [3.8, 4) is 0 Å². The van der Waals surface area contributed by atoms with E-state index in [-0.39, 0.29) is 6.03 Å². The quantitative estimate of drug-likeness (QED) is 0.868. The number of anilines is 1. The maximum absolute atomic E-state index is 12.1. The minimum Gasteiger partial charge on any atom is -0.328 e. The van der Waals surface area contributed by atoms with Gasteiger partial charge in [0.15, 0.2) is 0 Å². The lowest BCUT2D eigenvalue weighted by Gasteiger charge is -2.26. The van der Waals surface area contributed by atoms with Crippen molar-refractivity contribution in [3.05, 3.63) is 29.8 Å². The van der Waals surface area contributed by atoms with Crippen molar-refractivity contribution in [1.82, 2.24) is 4.90 Å². The number of rotatable bonds is 4. The molecule has 4 nitrogen and oxygen atoms in total. The van der Waals surface area contributed by atoms with E-state index in [0.29, 0.717) is 19.6 Å². The number of hydrogen-bond acceptors (Lipinski definition) is 2. The molecule has 0 atom stereocenters. The predicted octanol–water partition coefficient (Wildman–Crippen LogP) is 2.04. The number of urea groups is 1. The van der Waals surface area contributed by atoms with Crippen LogP contribution in [0.4, 0.5) is 10.5 Å². The summed E-state index contributed by atoms with van der Waals surface area (Å²) < 4.78 is 0. The van der Waals surface area contributed by atoms with Gasteiger partial charge in [-0.3, -0.25) is 4.90 Å². The van der Waals surface area contributed by atoms with Gasteiger partial charge in [0.25, 0.3) is 0 Å². The molecule has 0 heterocycles. The van der Waals surface area contributed by atoms with E-state index < -0.39 is 0 Å². The van der Waals surface area contributed by atoms with Crippen molar-refractivity contribution >= 4 is 11.7 Å². The molecule has 0 saturated heterocycles. The summed E-state index contributed by atoms with van der Waals surface area (Å²) in [6.07, 6.45) is 0. The van der Waals surface area contributed by atoms with E-state index in [4.69, 9.17) is 5.73 Å². The summed E-state index contributed by atoms with van der Waals surface area (Å²) in [5.41, 5.74) is 7.53. The Morgan fingerprint density at radius 2 is 1.76 bits per heavy atom. The van der Waals surface area contributed by atoms with Crippen LogP contribution >= 0.6 is 0 Å². The van der Waals surface area contributed by atoms with Crippen molar-refractivity contribution in [2.45, 2.75) is 20.4 Å². The van der Waals surface area contributed by atoms with Gasteiger partial charge < -0.3 is 10.6 Å². The molecule has 0 aliphatic heterocycles. The summed E-state index contributed by atoms with van der Waals surface area (Å²) in [5, 5.41) is 0. The van der Waals surface area contributed by atoms with Crippen molar-refractivity contribution in [1.29, 1.82) is 0 Å². The molecular formula is C13H21N3O. The summed E-state index contributed by atoms with van der Waals surface area (Å²) in [6.45, 7) is 5.82. The summed E-state index contributed by atoms with van der Waals surface area (Å²) in [7, 11) is 1.80. The van der Waals surface area contributed by atoms with E-state index >= 15 is 0 Å². The fourth-order valence-corrected chi connectivity index (χ4v) is 1.58. The molecule has 0 unspecified atom stereocenters. The van der Waals surface area contributed by atoms with Crippen LogP contribution in [0.2, 0.25) is 0 Å². The van der Waals surface area contributed by atoms with Gasteiger partial charge in [-0.25, -0.2) is 4.79 Å². The molecule has 1 rings (SSSR count). The molecule has 0 spiro atoms. The molecule has 0 aliphatic carbocycles. The molecule has 0 saturated carbocycles. The first-order valence-electron chi connectivity index (χ1n) is 5.95. The normalized spacial score (nSPS) is 10.1. The first-order valence-corrected chi connectivity index (χ1v) is 5.95. The van der Waals surface area contributed by atoms with Gasteiger partial charge in [0.1, 0.15) is 0 Å². The fraction of sp³-hybridized carbons (Fsp3) is 0.462. The number of carbonyl (C=O) groups excluding carboxylic acids is 1. The smallest absolute Gasteiger partial charge is 0.324 e. The van der Waals surface area contributed by atoms with Gasteiger partial charge in [0, 0.05) is 32.4 Å². The average Bonchev–Trinajstić information content (AvgIpc) is 2.39. The first kappa shape index (κ1) is 13.5. The lowest BCUT2D eigenvalue weighted by atomic mass is 10.2. The fourth-order valence-electron chi connectivity index (χ4n) is 1.58. The predicted molar refractivity (Wildman–Crippen MR) is 71.1 cm³/mol. The van der Waals surface area contributed by atoms with E-state index in [1.165, 1.54) is 0 Å². The molecule has 4 heteroatoms. The average molecular weight is 235 g/mol. The number of hydrogen-bond donors (Lipinski definition) is 1. The molecular weight excluding hydrogens is 214 g/mol. The largest absolute Gasteiger partial charge is 0.328 e. The van der Waals surface area contributed by atoms with Crippen LogP contribution in [0.1, 0.15) is 19.4 Å². The molecule has 94 valence electrons. The number of carbonyl (C=O) groups is 1. The molecule has 0 aliphatic rings. The Morgan fingerprint density at radius 1 is 1.18 bits per heavy atom. The topological polar surface area (TPSA) is 49.6 Å². The van der Waals surface area contributed by atoms with E-state index in [9.17, 15) is 4.79 Å². The van der Waals surface area contributed by atoms with Crippen molar-refractivity contribution in [2.24, 2.45) is 5.73 Å². The lowest BCUT2D eigenvalue weighted by molar-refractivity contribution is 0.218. The second-order valence-corrected chi connectivity index (χ2v) is 3.91. The highest BCUT2D eigenvalue weighted by Crippen LogP contribution is 2.16. The van der Waals surface area contributed by atoms with Gasteiger partial charge in [-0.15, -0.1) is 0 Å². The van der Waals surface area contributed by atoms with E-state index in [1.54, 1.807) is 16.8 Å². The van der Waals surface area contributed by atoms with Crippen LogP contribution in [0, 0.1) is 0 Å². The van der Waals surface area contributed by atoms with Crippen molar-refractivity contribution < 1.29 is 4.79 Å². The van der Waals surface area contributed by atoms with Crippen LogP contribution in [0.15, 0.2) is 24.3 Å². The maximum atomic E-state index is 12.1. The minimum absolute atomic E-state index is 0.0236. The molecule has 2 N–H and O–H groups in total. The van der Waals surface area contributed by atoms with Crippen LogP contribution in [0.5, 0.6) is 0 Å². The Labute approximate surface area is 103 Å². The molecule has 0 radical (unpaired) electrons. The van der Waals surface area contributed by atoms with Gasteiger partial charge >= 0.3 is 6.03 Å². The van der Waals surface area contributed by atoms with Crippen LogP contribution < -0.4 is 10.6 Å². The Balaban J connectivity index is 2.89. The summed E-state index contributed by atoms with van der Waals surface area (Å²) in [6, 6.07) is 7.81. The summed E-state index contributed by atoms with van der Waals surface area (Å²) >= 11 is 0. The molecule has 0 bridgehead atoms. The lowest BCUT2D eigenvalue weighted by Crippen LogP contribution is -2.41. The Morgan fingerprint density at radius 3 is 2.18 bits per heavy atom. The van der Waals surface area contributed by atoms with Gasteiger partial charge in [-0.2, -0.15) is 0 Å². The highest BCUT2D eigenvalue weighted by atomic mass is 16.2. The number of nitrogens with two attached hydrogens (primary N) is 1. The van der Waals surface area contributed by atoms with Gasteiger partial charge in [-0.05, 0) is 31.5 Å². The zero-order valence-corrected chi connectivity index (χ0v) is 10.8. The van der Waals surface area contributed by atoms with Crippen LogP contribution in [-0.4, -0.2) is 31.1 Å². The van der Waals surface area contributed by atoms with E-state index in [1.807, 2.05) is 38.1 Å². The zero-order valence-electron chi connectivity index (χ0n) is 10.8. The van der Waals surface area contributed by atoms with E-state index in [0.717, 1.165) is 11.3 Å². The third-order valence-corrected chi connectivity index (χ3v) is 2.83. The monoisotopic (exact) mass is 235 g/mol. The third-order valence-electron chi connectivity index (χ3n) is 2.83. The Kier molecular flexibility index (Phi) is 4.97. The zero-order chi connectivity index (χ0) is 12.8. The molecule has 0 fully saturated rings. The first-order chi connectivity index (χ1) is 8.13. The standard InChI is InChI=1S/C13H21N3O/c1-4-15(3)13(17)16(5-2)12-8-6-11(10-14)7-9-12/h6-9H,4-5,10,14H2,1-3H3. The summed E-state index contributed by atoms with van der Waals surface area (Å²) in [5.74, 6) is 0. The summed E-state index contributed by atoms with van der Waals surface area (Å²) in [4.78, 5) is 15.5. The third kappa shape index (κ3) is 3.20. The Hall–Kier alpha value is -1.55. The van der Waals surface area contributed by atoms with Gasteiger partial charge in [0.2, 0.25) is 0 Å². The van der Waals surface area contributed by atoms with Crippen LogP contribution in [0.3, 0.4) is 0 Å². The number of amides is 2. The minimum atomic E-state index is 0.0236. The van der Waals surface area contributed by atoms with Crippen molar-refractivity contribution in [2.75, 3.05) is 25.0 Å². The second-order valence-electron chi connectivity index (χ2n) is 3.91. The SMILES string of the molecule is CCN(C)C(=O)N(CC)c1ccc(CN)cc1. The Bertz CT molecular complexity index is 361. The van der Waals surface area contributed by atoms with Crippen LogP contribution in [0.25, 0.3) is 0 Å². The van der Waals surface area contributed by atoms with Gasteiger partial charge in [0.05, 0.1) is 0 Å². The number of nitrogens with zero attached hydrogens (tertiary/aromatic N) is 2. The maximum Gasteiger partial charge on any atom is 0.324 e. The molecule has 1 aromatic carbocycles. The highest BCUT2D eigenvalue weighted by molar-refractivity contribution is 5.91. The molecule has 2 amide bonds. The number of benzene rings is 1. The highest BCUT2D eigenvalue weighted by Gasteiger charge is 2.16. The second kappa shape index (κ2) is 6.25. The van der Waals surface area contributed by atoms with Crippen molar-refractivity contribution in [3.63, 3.8) is 0 Å². The van der Waals surface area contributed by atoms with E-state index in [2.05, 4.69) is 0 Å². The molecule has 17 heavy (non-hydrogen) atoms. The van der Waals surface area contributed by atoms with Crippen LogP contribution in [-0.2, 0) is 6.54 Å². The molecule has 1 aromatic rings.